The van der Waals surface area contributed by atoms with Crippen molar-refractivity contribution >= 4 is 5.91 Å². The third-order valence-corrected chi connectivity index (χ3v) is 4.24. The highest BCUT2D eigenvalue weighted by Crippen LogP contribution is 2.27. The molecule has 90 valence electrons. The maximum absolute atomic E-state index is 12.3. The van der Waals surface area contributed by atoms with Crippen molar-refractivity contribution in [3.05, 3.63) is 0 Å². The first kappa shape index (κ1) is 10.5. The molecule has 0 unspecified atom stereocenters. The molecule has 3 heterocycles. The predicted octanol–water partition coefficient (Wildman–Crippen LogP) is 0.233. The molecule has 0 saturated carbocycles. The number of nitrogens with one attached hydrogen (secondary N) is 1. The Labute approximate surface area is 96.3 Å². The van der Waals surface area contributed by atoms with Gasteiger partial charge in [-0.15, -0.1) is 0 Å². The van der Waals surface area contributed by atoms with Crippen molar-refractivity contribution in [2.45, 2.75) is 25.3 Å². The van der Waals surface area contributed by atoms with Gasteiger partial charge < -0.3 is 15.0 Å². The molecule has 3 saturated heterocycles. The van der Waals surface area contributed by atoms with Crippen LogP contribution < -0.4 is 5.32 Å². The van der Waals surface area contributed by atoms with Crippen molar-refractivity contribution in [3.8, 4) is 0 Å². The number of hydrogen-bond acceptors (Lipinski definition) is 3. The maximum Gasteiger partial charge on any atom is 0.225 e. The number of nitrogens with zero attached hydrogens (tertiary/aromatic N) is 1. The summed E-state index contributed by atoms with van der Waals surface area (Å²) in [7, 11) is 0. The van der Waals surface area contributed by atoms with Gasteiger partial charge in [0.05, 0.1) is 0 Å². The Morgan fingerprint density at radius 2 is 2.00 bits per heavy atom. The van der Waals surface area contributed by atoms with Crippen molar-refractivity contribution in [3.63, 3.8) is 0 Å². The SMILES string of the molecule is O=C(C1CCOCC1)N1C[C@@H]2CCN[C@@H]2C1. The lowest BCUT2D eigenvalue weighted by molar-refractivity contribution is -0.137. The fourth-order valence-corrected chi connectivity index (χ4v) is 3.23. The minimum atomic E-state index is 0.229. The second-order valence-electron chi connectivity index (χ2n) is 5.24. The summed E-state index contributed by atoms with van der Waals surface area (Å²) in [5, 5.41) is 3.49. The van der Waals surface area contributed by atoms with E-state index in [1.165, 1.54) is 6.42 Å². The lowest BCUT2D eigenvalue weighted by Gasteiger charge is -2.26. The Morgan fingerprint density at radius 3 is 2.75 bits per heavy atom. The summed E-state index contributed by atoms with van der Waals surface area (Å²) in [6.45, 7) is 4.56. The van der Waals surface area contributed by atoms with Crippen molar-refractivity contribution in [2.75, 3.05) is 32.8 Å². The Kier molecular flexibility index (Phi) is 2.86. The summed E-state index contributed by atoms with van der Waals surface area (Å²) in [5.41, 5.74) is 0. The lowest BCUT2D eigenvalue weighted by Crippen LogP contribution is -2.39. The van der Waals surface area contributed by atoms with E-state index in [1.54, 1.807) is 0 Å². The van der Waals surface area contributed by atoms with Crippen LogP contribution in [0.3, 0.4) is 0 Å². The van der Waals surface area contributed by atoms with Gasteiger partial charge in [-0.2, -0.15) is 0 Å². The molecule has 0 radical (unpaired) electrons. The van der Waals surface area contributed by atoms with Gasteiger partial charge in [0.2, 0.25) is 5.91 Å². The van der Waals surface area contributed by atoms with E-state index < -0.39 is 0 Å². The molecule has 3 fully saturated rings. The summed E-state index contributed by atoms with van der Waals surface area (Å²) in [6, 6.07) is 0.573. The quantitative estimate of drug-likeness (QED) is 0.693. The molecule has 0 aromatic rings. The molecule has 0 bridgehead atoms. The summed E-state index contributed by atoms with van der Waals surface area (Å²) in [4.78, 5) is 14.4. The van der Waals surface area contributed by atoms with Gasteiger partial charge in [-0.25, -0.2) is 0 Å². The minimum Gasteiger partial charge on any atom is -0.381 e. The first-order valence-electron chi connectivity index (χ1n) is 6.44. The molecule has 1 amide bonds. The van der Waals surface area contributed by atoms with Gasteiger partial charge in [-0.05, 0) is 31.7 Å². The molecular formula is C12H20N2O2. The number of carbonyl (C=O) groups excluding carboxylic acids is 1. The van der Waals surface area contributed by atoms with Crippen LogP contribution in [-0.4, -0.2) is 49.7 Å². The average Bonchev–Trinajstić information content (AvgIpc) is 2.89. The fourth-order valence-electron chi connectivity index (χ4n) is 3.23. The zero-order valence-corrected chi connectivity index (χ0v) is 9.65. The van der Waals surface area contributed by atoms with E-state index in [9.17, 15) is 4.79 Å². The predicted molar refractivity (Wildman–Crippen MR) is 60.0 cm³/mol. The number of carbonyl (C=O) groups is 1. The van der Waals surface area contributed by atoms with Crippen LogP contribution in [0.5, 0.6) is 0 Å². The Balaban J connectivity index is 1.59. The molecule has 0 aromatic carbocycles. The number of hydrogen-bond donors (Lipinski definition) is 1. The summed E-state index contributed by atoms with van der Waals surface area (Å²) < 4.78 is 5.30. The highest BCUT2D eigenvalue weighted by Gasteiger charge is 2.39. The molecule has 4 nitrogen and oxygen atoms in total. The standard InChI is InChI=1S/C12H20N2O2/c15-12(9-2-5-16-6-3-9)14-7-10-1-4-13-11(10)8-14/h9-11,13H,1-8H2/t10-,11+/m0/s1. The highest BCUT2D eigenvalue weighted by atomic mass is 16.5. The monoisotopic (exact) mass is 224 g/mol. The smallest absolute Gasteiger partial charge is 0.225 e. The lowest BCUT2D eigenvalue weighted by atomic mass is 9.99. The molecule has 0 aliphatic carbocycles. The van der Waals surface area contributed by atoms with Gasteiger partial charge in [0.1, 0.15) is 0 Å². The number of amides is 1. The van der Waals surface area contributed by atoms with Crippen molar-refractivity contribution in [1.29, 1.82) is 0 Å². The number of rotatable bonds is 1. The second-order valence-corrected chi connectivity index (χ2v) is 5.24. The van der Waals surface area contributed by atoms with E-state index in [0.717, 1.165) is 45.7 Å². The average molecular weight is 224 g/mol. The van der Waals surface area contributed by atoms with Crippen molar-refractivity contribution in [1.82, 2.24) is 10.2 Å². The minimum absolute atomic E-state index is 0.229. The van der Waals surface area contributed by atoms with E-state index in [0.29, 0.717) is 17.9 Å². The Hall–Kier alpha value is -0.610. The van der Waals surface area contributed by atoms with E-state index in [2.05, 4.69) is 10.2 Å². The van der Waals surface area contributed by atoms with Crippen LogP contribution in [0, 0.1) is 11.8 Å². The normalized spacial score (nSPS) is 35.4. The third-order valence-electron chi connectivity index (χ3n) is 4.24. The van der Waals surface area contributed by atoms with Crippen LogP contribution in [0.25, 0.3) is 0 Å². The molecule has 16 heavy (non-hydrogen) atoms. The summed E-state index contributed by atoms with van der Waals surface area (Å²) in [6.07, 6.45) is 3.07. The first-order chi connectivity index (χ1) is 7.84. The number of ether oxygens (including phenoxy) is 1. The van der Waals surface area contributed by atoms with Gasteiger partial charge in [0.25, 0.3) is 0 Å². The van der Waals surface area contributed by atoms with Crippen LogP contribution in [0.15, 0.2) is 0 Å². The number of fused-ring (bicyclic) bond motifs is 1. The molecule has 1 N–H and O–H groups in total. The highest BCUT2D eigenvalue weighted by molar-refractivity contribution is 5.79. The zero-order valence-electron chi connectivity index (χ0n) is 9.65. The van der Waals surface area contributed by atoms with Gasteiger partial charge in [0, 0.05) is 38.3 Å². The van der Waals surface area contributed by atoms with E-state index in [4.69, 9.17) is 4.74 Å². The fraction of sp³-hybridized carbons (Fsp3) is 0.917. The summed E-state index contributed by atoms with van der Waals surface area (Å²) in [5.74, 6) is 1.32. The Bertz CT molecular complexity index is 264. The summed E-state index contributed by atoms with van der Waals surface area (Å²) >= 11 is 0. The first-order valence-corrected chi connectivity index (χ1v) is 6.44. The van der Waals surface area contributed by atoms with Crippen molar-refractivity contribution in [2.24, 2.45) is 11.8 Å². The molecule has 4 heteroatoms. The molecule has 3 aliphatic heterocycles. The molecule has 3 aliphatic rings. The molecule has 0 spiro atoms. The zero-order chi connectivity index (χ0) is 11.0. The van der Waals surface area contributed by atoms with E-state index in [1.807, 2.05) is 0 Å². The van der Waals surface area contributed by atoms with Crippen LogP contribution in [0.4, 0.5) is 0 Å². The van der Waals surface area contributed by atoms with Crippen molar-refractivity contribution < 1.29 is 9.53 Å². The molecule has 3 rings (SSSR count). The van der Waals surface area contributed by atoms with E-state index >= 15 is 0 Å². The second kappa shape index (κ2) is 4.34. The van der Waals surface area contributed by atoms with Crippen LogP contribution in [0.1, 0.15) is 19.3 Å². The maximum atomic E-state index is 12.3. The van der Waals surface area contributed by atoms with Gasteiger partial charge >= 0.3 is 0 Å². The largest absolute Gasteiger partial charge is 0.381 e. The molecule has 2 atom stereocenters. The number of likely N-dealkylation sites (tertiary alicyclic amines) is 1. The van der Waals surface area contributed by atoms with Crippen LogP contribution >= 0.6 is 0 Å². The van der Waals surface area contributed by atoms with Crippen LogP contribution in [-0.2, 0) is 9.53 Å². The van der Waals surface area contributed by atoms with Gasteiger partial charge in [0.15, 0.2) is 0 Å². The third kappa shape index (κ3) is 1.84. The van der Waals surface area contributed by atoms with E-state index in [-0.39, 0.29) is 5.92 Å². The Morgan fingerprint density at radius 1 is 1.19 bits per heavy atom. The van der Waals surface area contributed by atoms with Gasteiger partial charge in [-0.3, -0.25) is 4.79 Å². The van der Waals surface area contributed by atoms with Crippen LogP contribution in [0.2, 0.25) is 0 Å². The topological polar surface area (TPSA) is 41.6 Å². The van der Waals surface area contributed by atoms with Gasteiger partial charge in [-0.1, -0.05) is 0 Å². The molecule has 0 aromatic heterocycles. The molecular weight excluding hydrogens is 204 g/mol.